The summed E-state index contributed by atoms with van der Waals surface area (Å²) in [5, 5.41) is 25.6. The van der Waals surface area contributed by atoms with Crippen molar-refractivity contribution in [2.24, 2.45) is 28.1 Å². The Bertz CT molecular complexity index is 2510. The molecule has 3 saturated heterocycles. The number of likely N-dealkylation sites (N-methyl/N-ethyl adjacent to an activating group) is 1. The smallest absolute Gasteiger partial charge is 0.344 e. The molecule has 0 amide bonds. The van der Waals surface area contributed by atoms with Crippen LogP contribution in [0.1, 0.15) is 64.9 Å². The third kappa shape index (κ3) is 6.16. The van der Waals surface area contributed by atoms with Gasteiger partial charge in [0.15, 0.2) is 13.4 Å². The van der Waals surface area contributed by atoms with E-state index in [-0.39, 0.29) is 17.8 Å². The van der Waals surface area contributed by atoms with Gasteiger partial charge in [0, 0.05) is 75.7 Å². The monoisotopic (exact) mass is 902 g/mol. The number of rotatable bonds is 8. The molecule has 1 radical (unpaired) electrons. The molecule has 1 spiro atoms. The van der Waals surface area contributed by atoms with Gasteiger partial charge >= 0.3 is 17.9 Å². The number of aliphatic hydroxyl groups is 2. The second-order valence-corrected chi connectivity index (χ2v) is 20.4. The Labute approximate surface area is 387 Å². The summed E-state index contributed by atoms with van der Waals surface area (Å²) in [6, 6.07) is 11.5. The number of hydrogen-bond acceptors (Lipinski definition) is 12. The van der Waals surface area contributed by atoms with Crippen LogP contribution in [0.3, 0.4) is 0 Å². The fourth-order valence-electron chi connectivity index (χ4n) is 15.0. The Balaban J connectivity index is 1.23. The molecule has 2 aromatic carbocycles. The molecule has 2 aliphatic carbocycles. The second kappa shape index (κ2) is 16.0. The molecule has 6 aliphatic heterocycles. The quantitative estimate of drug-likeness (QED) is 0.166. The molecule has 349 valence electrons. The van der Waals surface area contributed by atoms with Crippen LogP contribution in [0.4, 0.5) is 4.39 Å². The molecule has 12 nitrogen and oxygen atoms in total. The number of halogens is 1. The Kier molecular flexibility index (Phi) is 11.0. The first-order valence-corrected chi connectivity index (χ1v) is 23.7. The number of fused-ring (bicyclic) bond motifs is 5. The van der Waals surface area contributed by atoms with E-state index < -0.39 is 69.5 Å². The van der Waals surface area contributed by atoms with Gasteiger partial charge in [0.25, 0.3) is 0 Å². The largest absolute Gasteiger partial charge is 0.468 e. The standard InChI is InChI=1S/C52H62BFN3O9/c1-8-48(61)26-31-27-51(46(59)64-6,42-35(16-20-56(28-31)29-48)36-23-33(14-15-39(36)53-42)32-12-10-13-34(54)22-32)38-24-37-40(25-41(38)63-5)55(4)44-50(37)18-21-57-19-11-17-49(9-2,43(50)57)45(66-30(3)58)52(44,62)47(60)65-7/h10-15,17,22-25,31,38,41,43-45,61-62H,8-9,16,18-21,26-29H2,1-7H3/t31-,38?,41?,43+,44-,45-,48+,49-,50-,51+,52+/m1/s1. The van der Waals surface area contributed by atoms with Crippen molar-refractivity contribution in [2.45, 2.75) is 94.8 Å². The zero-order chi connectivity index (χ0) is 46.7. The number of likely N-dealkylation sites (tertiary alicyclic amines) is 1. The van der Waals surface area contributed by atoms with Gasteiger partial charge in [-0.1, -0.05) is 67.3 Å². The van der Waals surface area contributed by atoms with E-state index in [1.807, 2.05) is 37.9 Å². The fraction of sp³-hybridized carbons (Fsp3) is 0.558. The molecule has 0 aromatic heterocycles. The Morgan fingerprint density at radius 2 is 1.71 bits per heavy atom. The topological polar surface area (TPSA) is 138 Å². The minimum absolute atomic E-state index is 0.116. The number of allylic oxidation sites excluding steroid dienone is 1. The van der Waals surface area contributed by atoms with Crippen LogP contribution in [-0.4, -0.2) is 147 Å². The van der Waals surface area contributed by atoms with E-state index >= 15 is 4.79 Å². The maximum absolute atomic E-state index is 15.7. The third-order valence-corrected chi connectivity index (χ3v) is 17.4. The van der Waals surface area contributed by atoms with Gasteiger partial charge in [-0.15, -0.1) is 0 Å². The normalized spacial score (nSPS) is 38.5. The number of nitrogens with zero attached hydrogens (tertiary/aromatic N) is 3. The predicted molar refractivity (Wildman–Crippen MR) is 246 cm³/mol. The van der Waals surface area contributed by atoms with E-state index in [0.29, 0.717) is 71.2 Å². The first-order valence-electron chi connectivity index (χ1n) is 23.7. The summed E-state index contributed by atoms with van der Waals surface area (Å²) in [5.74, 6) is -3.02. The fourth-order valence-corrected chi connectivity index (χ4v) is 15.0. The van der Waals surface area contributed by atoms with Gasteiger partial charge in [-0.05, 0) is 103 Å². The molecule has 1 saturated carbocycles. The van der Waals surface area contributed by atoms with Crippen molar-refractivity contribution in [3.63, 3.8) is 0 Å². The molecule has 10 rings (SSSR count). The molecule has 66 heavy (non-hydrogen) atoms. The van der Waals surface area contributed by atoms with Crippen molar-refractivity contribution < 1.29 is 47.9 Å². The maximum atomic E-state index is 15.7. The minimum atomic E-state index is -2.32. The summed E-state index contributed by atoms with van der Waals surface area (Å²) < 4.78 is 39.0. The Morgan fingerprint density at radius 1 is 0.939 bits per heavy atom. The highest BCUT2D eigenvalue weighted by atomic mass is 19.1. The number of esters is 3. The number of hydrogen-bond donors (Lipinski definition) is 2. The maximum Gasteiger partial charge on any atom is 0.344 e. The molecule has 14 heteroatoms. The third-order valence-electron chi connectivity index (χ3n) is 17.4. The number of benzene rings is 2. The first-order chi connectivity index (χ1) is 31.6. The average Bonchev–Trinajstić information content (AvgIpc) is 3.97. The zero-order valence-corrected chi connectivity index (χ0v) is 39.1. The molecule has 2 N–H and O–H groups in total. The van der Waals surface area contributed by atoms with Gasteiger partial charge < -0.3 is 34.1 Å². The van der Waals surface area contributed by atoms with E-state index in [2.05, 4.69) is 53.5 Å². The van der Waals surface area contributed by atoms with Crippen LogP contribution in [-0.2, 0) is 33.3 Å². The predicted octanol–water partition coefficient (Wildman–Crippen LogP) is 4.61. The Hall–Kier alpha value is -4.60. The van der Waals surface area contributed by atoms with Gasteiger partial charge in [-0.25, -0.2) is 9.18 Å². The van der Waals surface area contributed by atoms with E-state index in [1.165, 1.54) is 33.3 Å². The highest BCUT2D eigenvalue weighted by Crippen LogP contribution is 2.70. The molecular formula is C52H62BFN3O9. The van der Waals surface area contributed by atoms with E-state index in [1.54, 1.807) is 13.2 Å². The number of carbonyl (C=O) groups excluding carboxylic acids is 3. The van der Waals surface area contributed by atoms with Gasteiger partial charge in [-0.3, -0.25) is 19.4 Å². The number of piperidine rings is 1. The molecule has 8 aliphatic rings. The number of methoxy groups -OCH3 is 3. The van der Waals surface area contributed by atoms with Crippen LogP contribution in [0.5, 0.6) is 0 Å². The zero-order valence-electron chi connectivity index (χ0n) is 39.1. The van der Waals surface area contributed by atoms with Crippen LogP contribution in [0, 0.1) is 33.9 Å². The van der Waals surface area contributed by atoms with Crippen molar-refractivity contribution in [2.75, 3.05) is 61.1 Å². The van der Waals surface area contributed by atoms with Crippen molar-refractivity contribution in [1.29, 1.82) is 0 Å². The van der Waals surface area contributed by atoms with Crippen molar-refractivity contribution in [1.82, 2.24) is 14.7 Å². The first kappa shape index (κ1) is 45.2. The summed E-state index contributed by atoms with van der Waals surface area (Å²) in [5.41, 5.74) is 0.476. The average molecular weight is 903 g/mol. The van der Waals surface area contributed by atoms with Crippen LogP contribution in [0.15, 0.2) is 83.5 Å². The van der Waals surface area contributed by atoms with Crippen LogP contribution < -0.4 is 5.46 Å². The highest BCUT2D eigenvalue weighted by molar-refractivity contribution is 6.67. The van der Waals surface area contributed by atoms with Crippen molar-refractivity contribution in [3.05, 3.63) is 94.9 Å². The summed E-state index contributed by atoms with van der Waals surface area (Å²) >= 11 is 0. The van der Waals surface area contributed by atoms with Gasteiger partial charge in [0.1, 0.15) is 5.82 Å². The summed E-state index contributed by atoms with van der Waals surface area (Å²) in [6.45, 7) is 8.48. The lowest BCUT2D eigenvalue weighted by Crippen LogP contribution is -2.79. The number of ether oxygens (including phenoxy) is 4. The van der Waals surface area contributed by atoms with Crippen molar-refractivity contribution in [3.8, 4) is 11.1 Å². The van der Waals surface area contributed by atoms with E-state index in [0.717, 1.165) is 44.5 Å². The number of carbonyl (C=O) groups is 3. The molecule has 2 aromatic rings. The van der Waals surface area contributed by atoms with E-state index in [4.69, 9.17) is 18.9 Å². The van der Waals surface area contributed by atoms with Gasteiger partial charge in [-0.2, -0.15) is 0 Å². The SMILES string of the molecule is CC[C@]1(O)C[C@H]2CN(CCC3=C([B]c4ccc(-c5cccc(F)c5)cc43)[C@@](C(=O)OC)(C3C=C4C(=CC3OC)N(C)[C@H]3[C@@](O)(C(=O)OC)[C@H](OC(C)=O)[C@]5(CC)C=CCN6CC[C@]43[C@@H]65)C2)C1. The van der Waals surface area contributed by atoms with Crippen LogP contribution >= 0.6 is 0 Å². The molecule has 6 heterocycles. The highest BCUT2D eigenvalue weighted by Gasteiger charge is 2.81. The lowest BCUT2D eigenvalue weighted by Gasteiger charge is -2.63. The molecule has 12 atom stereocenters. The molecule has 3 unspecified atom stereocenters. The molecule has 2 bridgehead atoms. The molecular weight excluding hydrogens is 840 g/mol. The summed E-state index contributed by atoms with van der Waals surface area (Å²) in [6.07, 6.45) is 9.40. The van der Waals surface area contributed by atoms with Crippen LogP contribution in [0.2, 0.25) is 0 Å². The van der Waals surface area contributed by atoms with Crippen molar-refractivity contribution >= 4 is 36.2 Å². The lowest BCUT2D eigenvalue weighted by atomic mass is 9.46. The van der Waals surface area contributed by atoms with E-state index in [9.17, 15) is 24.2 Å². The minimum Gasteiger partial charge on any atom is -0.468 e. The lowest BCUT2D eigenvalue weighted by molar-refractivity contribution is -0.243. The Morgan fingerprint density at radius 3 is 2.41 bits per heavy atom. The van der Waals surface area contributed by atoms with Gasteiger partial charge in [0.2, 0.25) is 5.60 Å². The van der Waals surface area contributed by atoms with Gasteiger partial charge in [0.05, 0.1) is 37.4 Å². The molecule has 4 fully saturated rings. The summed E-state index contributed by atoms with van der Waals surface area (Å²) in [4.78, 5) is 50.0. The summed E-state index contributed by atoms with van der Waals surface area (Å²) in [7, 11) is 8.36. The second-order valence-electron chi connectivity index (χ2n) is 20.4. The van der Waals surface area contributed by atoms with Crippen LogP contribution in [0.25, 0.3) is 16.7 Å².